The van der Waals surface area contributed by atoms with Crippen LogP contribution < -0.4 is 21.3 Å². The normalized spacial score (nSPS) is 16.6. The van der Waals surface area contributed by atoms with Crippen molar-refractivity contribution in [3.05, 3.63) is 155 Å². The largest absolute Gasteiger partial charge is 0.322 e. The molecule has 6 rings (SSSR count). The first-order valence-corrected chi connectivity index (χ1v) is 14.9. The summed E-state index contributed by atoms with van der Waals surface area (Å²) in [7, 11) is 0. The summed E-state index contributed by atoms with van der Waals surface area (Å²) >= 11 is 0. The number of hydrogen-bond donors (Lipinski definition) is 4. The molecule has 4 aromatic carbocycles. The van der Waals surface area contributed by atoms with E-state index >= 15 is 0 Å². The topological polar surface area (TPSA) is 116 Å². The number of benzene rings is 4. The summed E-state index contributed by atoms with van der Waals surface area (Å²) in [6.07, 6.45) is 0. The number of rotatable bonds is 8. The van der Waals surface area contributed by atoms with Crippen molar-refractivity contribution >= 4 is 46.4 Å². The van der Waals surface area contributed by atoms with Crippen LogP contribution in [0.4, 0.5) is 22.7 Å². The van der Waals surface area contributed by atoms with E-state index in [2.05, 4.69) is 21.3 Å². The monoisotopic (exact) mass is 608 g/mol. The Hall–Kier alpha value is -6.02. The molecule has 8 nitrogen and oxygen atoms in total. The molecule has 46 heavy (non-hydrogen) atoms. The van der Waals surface area contributed by atoms with Gasteiger partial charge in [-0.15, -0.1) is 0 Å². The van der Waals surface area contributed by atoms with E-state index < -0.39 is 35.5 Å². The van der Waals surface area contributed by atoms with Crippen molar-refractivity contribution in [3.8, 4) is 0 Å². The third-order valence-corrected chi connectivity index (χ3v) is 8.04. The minimum absolute atomic E-state index is 0.132. The first-order valence-electron chi connectivity index (χ1n) is 14.9. The van der Waals surface area contributed by atoms with Crippen molar-refractivity contribution in [2.24, 2.45) is 11.8 Å². The predicted molar refractivity (Wildman–Crippen MR) is 180 cm³/mol. The van der Waals surface area contributed by atoms with E-state index in [9.17, 15) is 19.2 Å². The number of nitrogens with one attached hydrogen (secondary N) is 4. The Morgan fingerprint density at radius 2 is 0.609 bits per heavy atom. The highest BCUT2D eigenvalue weighted by molar-refractivity contribution is 6.24. The summed E-state index contributed by atoms with van der Waals surface area (Å²) in [4.78, 5) is 56.8. The first kappa shape index (κ1) is 30.0. The lowest BCUT2D eigenvalue weighted by atomic mass is 9.83. The van der Waals surface area contributed by atoms with Crippen LogP contribution in [-0.2, 0) is 19.2 Å². The zero-order chi connectivity index (χ0) is 32.2. The molecule has 0 atom stereocenters. The highest BCUT2D eigenvalue weighted by Crippen LogP contribution is 2.57. The molecule has 0 fully saturated rings. The summed E-state index contributed by atoms with van der Waals surface area (Å²) in [5.41, 5.74) is 4.12. The van der Waals surface area contributed by atoms with Crippen LogP contribution in [0.1, 0.15) is 13.8 Å². The fourth-order valence-electron chi connectivity index (χ4n) is 6.17. The second-order valence-electron chi connectivity index (χ2n) is 11.3. The number of amides is 4. The molecule has 8 heteroatoms. The van der Waals surface area contributed by atoms with E-state index in [0.717, 1.165) is 5.57 Å². The molecule has 2 aliphatic rings. The van der Waals surface area contributed by atoms with Crippen LogP contribution in [0.3, 0.4) is 0 Å². The minimum atomic E-state index is -0.935. The van der Waals surface area contributed by atoms with Crippen molar-refractivity contribution in [2.45, 2.75) is 13.8 Å². The lowest BCUT2D eigenvalue weighted by Crippen LogP contribution is -2.33. The molecule has 0 saturated heterocycles. The van der Waals surface area contributed by atoms with Crippen LogP contribution in [0.2, 0.25) is 0 Å². The van der Waals surface area contributed by atoms with E-state index in [1.807, 2.05) is 38.1 Å². The molecule has 0 unspecified atom stereocenters. The van der Waals surface area contributed by atoms with Gasteiger partial charge in [-0.3, -0.25) is 19.2 Å². The Morgan fingerprint density at radius 1 is 0.391 bits per heavy atom. The van der Waals surface area contributed by atoms with Gasteiger partial charge in [0.2, 0.25) is 0 Å². The summed E-state index contributed by atoms with van der Waals surface area (Å²) in [6, 6.07) is 35.6. The lowest BCUT2D eigenvalue weighted by Gasteiger charge is -2.24. The molecule has 2 bridgehead atoms. The molecule has 0 radical (unpaired) electrons. The van der Waals surface area contributed by atoms with Crippen LogP contribution in [0.15, 0.2) is 155 Å². The number of anilines is 4. The average Bonchev–Trinajstić information content (AvgIpc) is 3.59. The van der Waals surface area contributed by atoms with Gasteiger partial charge in [-0.2, -0.15) is 0 Å². The summed E-state index contributed by atoms with van der Waals surface area (Å²) in [5.74, 6) is -3.97. The molecule has 0 aromatic heterocycles. The van der Waals surface area contributed by atoms with Gasteiger partial charge < -0.3 is 21.3 Å². The number of carbonyl (C=O) groups excluding carboxylic acids is 4. The van der Waals surface area contributed by atoms with Gasteiger partial charge in [0.25, 0.3) is 23.6 Å². The van der Waals surface area contributed by atoms with Crippen LogP contribution in [0, 0.1) is 11.8 Å². The van der Waals surface area contributed by atoms with Crippen LogP contribution in [-0.4, -0.2) is 23.6 Å². The predicted octanol–water partition coefficient (Wildman–Crippen LogP) is 6.73. The van der Waals surface area contributed by atoms with Crippen LogP contribution >= 0.6 is 0 Å². The van der Waals surface area contributed by atoms with Gasteiger partial charge in [0.15, 0.2) is 0 Å². The number of carbonyl (C=O) groups is 4. The third kappa shape index (κ3) is 5.88. The quantitative estimate of drug-likeness (QED) is 0.166. The van der Waals surface area contributed by atoms with Crippen molar-refractivity contribution in [1.29, 1.82) is 0 Å². The van der Waals surface area contributed by atoms with Gasteiger partial charge in [0.05, 0.1) is 0 Å². The first-order chi connectivity index (χ1) is 22.3. The van der Waals surface area contributed by atoms with Crippen LogP contribution in [0.25, 0.3) is 0 Å². The van der Waals surface area contributed by atoms with Crippen molar-refractivity contribution in [2.75, 3.05) is 21.3 Å². The second-order valence-corrected chi connectivity index (χ2v) is 11.3. The molecule has 228 valence electrons. The number of fused-ring (bicyclic) bond motifs is 2. The Morgan fingerprint density at radius 3 is 0.804 bits per heavy atom. The van der Waals surface area contributed by atoms with Gasteiger partial charge in [-0.05, 0) is 68.0 Å². The number of para-hydroxylation sites is 4. The maximum absolute atomic E-state index is 14.2. The van der Waals surface area contributed by atoms with Crippen molar-refractivity contribution in [3.63, 3.8) is 0 Å². The Balaban J connectivity index is 1.52. The third-order valence-electron chi connectivity index (χ3n) is 8.04. The molecule has 4 N–H and O–H groups in total. The minimum Gasteiger partial charge on any atom is -0.322 e. The molecule has 0 heterocycles. The molecule has 0 spiro atoms. The fraction of sp³-hybridized carbons (Fsp3) is 0.105. The smallest absolute Gasteiger partial charge is 0.253 e. The highest BCUT2D eigenvalue weighted by atomic mass is 16.2. The molecular formula is C38H32N4O4. The van der Waals surface area contributed by atoms with E-state index in [0.29, 0.717) is 28.3 Å². The van der Waals surface area contributed by atoms with Crippen molar-refractivity contribution < 1.29 is 19.2 Å². The maximum Gasteiger partial charge on any atom is 0.253 e. The number of allylic oxidation sites excluding steroid dienone is 2. The highest BCUT2D eigenvalue weighted by Gasteiger charge is 2.56. The molecule has 4 aromatic rings. The van der Waals surface area contributed by atoms with Gasteiger partial charge >= 0.3 is 0 Å². The number of hydrogen-bond acceptors (Lipinski definition) is 4. The van der Waals surface area contributed by atoms with Crippen molar-refractivity contribution in [1.82, 2.24) is 0 Å². The van der Waals surface area contributed by atoms with E-state index in [1.165, 1.54) is 0 Å². The van der Waals surface area contributed by atoms with Gasteiger partial charge in [-0.1, -0.05) is 78.4 Å². The SMILES string of the molecule is CC(C)=C1C2C(C(=O)Nc3ccccc3)=C(C(=O)Nc3ccccc3)C1C(C(=O)Nc1ccccc1)=C2C(=O)Nc1ccccc1. The Labute approximate surface area is 266 Å². The summed E-state index contributed by atoms with van der Waals surface area (Å²) in [5, 5.41) is 11.7. The second kappa shape index (κ2) is 12.9. The summed E-state index contributed by atoms with van der Waals surface area (Å²) in [6.45, 7) is 3.73. The molecule has 0 saturated carbocycles. The van der Waals surface area contributed by atoms with Crippen LogP contribution in [0.5, 0.6) is 0 Å². The van der Waals surface area contributed by atoms with Gasteiger partial charge in [0.1, 0.15) is 0 Å². The fourth-order valence-corrected chi connectivity index (χ4v) is 6.17. The van der Waals surface area contributed by atoms with Gasteiger partial charge in [-0.25, -0.2) is 0 Å². The molecule has 4 amide bonds. The van der Waals surface area contributed by atoms with E-state index in [4.69, 9.17) is 0 Å². The van der Waals surface area contributed by atoms with E-state index in [-0.39, 0.29) is 22.3 Å². The molecule has 2 aliphatic carbocycles. The summed E-state index contributed by atoms with van der Waals surface area (Å²) < 4.78 is 0. The van der Waals surface area contributed by atoms with E-state index in [1.54, 1.807) is 97.1 Å². The zero-order valence-corrected chi connectivity index (χ0v) is 25.3. The standard InChI is InChI=1S/C38H32N4O4/c1-23(2)28-29-31(35(43)39-24-15-7-3-8-16-24)32(36(44)40-25-17-9-4-10-18-25)30(28)34(38(46)42-27-21-13-6-14-22-27)33(29)37(45)41-26-19-11-5-12-20-26/h3-22,29-30H,1-2H3,(H,39,43)(H,40,44)(H,41,45)(H,42,46). The Bertz CT molecular complexity index is 1650. The maximum atomic E-state index is 14.2. The zero-order valence-electron chi connectivity index (χ0n) is 25.3. The lowest BCUT2D eigenvalue weighted by molar-refractivity contribution is -0.117. The van der Waals surface area contributed by atoms with Gasteiger partial charge in [0, 0.05) is 56.9 Å². The average molecular weight is 609 g/mol. The Kier molecular flexibility index (Phi) is 8.43. The molecule has 0 aliphatic heterocycles. The molecular weight excluding hydrogens is 576 g/mol.